The lowest BCUT2D eigenvalue weighted by Gasteiger charge is -2.18. The molecule has 0 aromatic heterocycles. The summed E-state index contributed by atoms with van der Waals surface area (Å²) in [5.74, 6) is 5.88. The van der Waals surface area contributed by atoms with E-state index in [4.69, 9.17) is 5.84 Å². The van der Waals surface area contributed by atoms with E-state index >= 15 is 0 Å². The molecule has 0 heterocycles. The van der Waals surface area contributed by atoms with E-state index < -0.39 is 0 Å². The third kappa shape index (κ3) is 3.26. The maximum absolute atomic E-state index is 13.3. The monoisotopic (exact) mass is 336 g/mol. The summed E-state index contributed by atoms with van der Waals surface area (Å²) in [5.41, 5.74) is 6.04. The Morgan fingerprint density at radius 2 is 1.55 bits per heavy atom. The van der Waals surface area contributed by atoms with Gasteiger partial charge in [-0.1, -0.05) is 44.2 Å². The number of nitrogens with two attached hydrogens (primary N) is 1. The Balaban J connectivity index is 2.33. The summed E-state index contributed by atoms with van der Waals surface area (Å²) in [4.78, 5) is 0. The molecule has 0 amide bonds. The van der Waals surface area contributed by atoms with Crippen LogP contribution in [0.2, 0.25) is 0 Å². The van der Waals surface area contributed by atoms with E-state index in [1.165, 1.54) is 11.6 Å². The number of rotatable bonds is 4. The van der Waals surface area contributed by atoms with E-state index in [9.17, 15) is 4.39 Å². The largest absolute Gasteiger partial charge is 0.271 e. The maximum Gasteiger partial charge on any atom is 0.137 e. The van der Waals surface area contributed by atoms with Crippen LogP contribution in [-0.4, -0.2) is 0 Å². The first-order valence-corrected chi connectivity index (χ1v) is 7.33. The first-order valence-electron chi connectivity index (χ1n) is 6.54. The Labute approximate surface area is 127 Å². The molecule has 0 aliphatic rings. The van der Waals surface area contributed by atoms with Crippen molar-refractivity contribution in [3.63, 3.8) is 0 Å². The molecule has 106 valence electrons. The van der Waals surface area contributed by atoms with Crippen LogP contribution in [0.15, 0.2) is 46.9 Å². The molecule has 1 unspecified atom stereocenters. The fourth-order valence-corrected chi connectivity index (χ4v) is 2.55. The van der Waals surface area contributed by atoms with Crippen LogP contribution in [0.1, 0.15) is 42.5 Å². The Kier molecular flexibility index (Phi) is 4.91. The van der Waals surface area contributed by atoms with Gasteiger partial charge in [0.25, 0.3) is 0 Å². The molecule has 20 heavy (non-hydrogen) atoms. The molecule has 3 N–H and O–H groups in total. The third-order valence-electron chi connectivity index (χ3n) is 3.38. The second kappa shape index (κ2) is 6.48. The molecule has 0 aliphatic heterocycles. The Hall–Kier alpha value is -1.23. The molecule has 2 aromatic rings. The summed E-state index contributed by atoms with van der Waals surface area (Å²) in [6.07, 6.45) is 0. The second-order valence-corrected chi connectivity index (χ2v) is 5.95. The molecule has 0 saturated carbocycles. The highest BCUT2D eigenvalue weighted by Gasteiger charge is 2.14. The highest BCUT2D eigenvalue weighted by atomic mass is 79.9. The van der Waals surface area contributed by atoms with Gasteiger partial charge in [-0.15, -0.1) is 0 Å². The van der Waals surface area contributed by atoms with Gasteiger partial charge in [0.05, 0.1) is 10.5 Å². The van der Waals surface area contributed by atoms with Crippen molar-refractivity contribution in [3.05, 3.63) is 69.4 Å². The molecular formula is C16H18BrFN2. The van der Waals surface area contributed by atoms with E-state index in [1.807, 2.05) is 0 Å². The van der Waals surface area contributed by atoms with Crippen LogP contribution >= 0.6 is 15.9 Å². The van der Waals surface area contributed by atoms with Crippen LogP contribution in [0.5, 0.6) is 0 Å². The van der Waals surface area contributed by atoms with Gasteiger partial charge in [-0.25, -0.2) is 9.82 Å². The average molecular weight is 337 g/mol. The fraction of sp³-hybridized carbons (Fsp3) is 0.250. The Morgan fingerprint density at radius 1 is 1.00 bits per heavy atom. The van der Waals surface area contributed by atoms with Crippen LogP contribution in [0, 0.1) is 5.82 Å². The molecule has 2 nitrogen and oxygen atoms in total. The quantitative estimate of drug-likeness (QED) is 0.646. The van der Waals surface area contributed by atoms with Crippen molar-refractivity contribution < 1.29 is 4.39 Å². The average Bonchev–Trinajstić information content (AvgIpc) is 2.44. The summed E-state index contributed by atoms with van der Waals surface area (Å²) >= 11 is 3.20. The third-order valence-corrected chi connectivity index (χ3v) is 3.99. The minimum absolute atomic E-state index is 0.159. The van der Waals surface area contributed by atoms with Crippen LogP contribution in [-0.2, 0) is 0 Å². The molecule has 0 aliphatic carbocycles. The van der Waals surface area contributed by atoms with Crippen molar-refractivity contribution in [1.29, 1.82) is 0 Å². The predicted molar refractivity (Wildman–Crippen MR) is 83.8 cm³/mol. The van der Waals surface area contributed by atoms with Crippen molar-refractivity contribution in [2.75, 3.05) is 0 Å². The summed E-state index contributed by atoms with van der Waals surface area (Å²) in [5, 5.41) is 0. The highest BCUT2D eigenvalue weighted by Crippen LogP contribution is 2.26. The van der Waals surface area contributed by atoms with Crippen LogP contribution in [0.4, 0.5) is 4.39 Å². The zero-order valence-electron chi connectivity index (χ0n) is 11.5. The number of hydrogen-bond donors (Lipinski definition) is 2. The van der Waals surface area contributed by atoms with Gasteiger partial charge in [-0.3, -0.25) is 5.84 Å². The molecule has 4 heteroatoms. The number of hydrogen-bond acceptors (Lipinski definition) is 2. The van der Waals surface area contributed by atoms with Gasteiger partial charge >= 0.3 is 0 Å². The molecule has 1 atom stereocenters. The highest BCUT2D eigenvalue weighted by molar-refractivity contribution is 9.10. The Morgan fingerprint density at radius 3 is 2.05 bits per heavy atom. The minimum atomic E-state index is -0.278. The first kappa shape index (κ1) is 15.2. The molecule has 2 aromatic carbocycles. The number of hydrazine groups is 1. The van der Waals surface area contributed by atoms with E-state index in [0.717, 1.165) is 11.1 Å². The molecule has 0 fully saturated rings. The predicted octanol–water partition coefficient (Wildman–Crippen LogP) is 4.26. The van der Waals surface area contributed by atoms with Crippen LogP contribution < -0.4 is 11.3 Å². The van der Waals surface area contributed by atoms with Gasteiger partial charge in [0.15, 0.2) is 0 Å². The molecule has 2 rings (SSSR count). The van der Waals surface area contributed by atoms with E-state index in [0.29, 0.717) is 10.4 Å². The number of nitrogens with one attached hydrogen (secondary N) is 1. The van der Waals surface area contributed by atoms with Gasteiger partial charge in [0.2, 0.25) is 0 Å². The van der Waals surface area contributed by atoms with Gasteiger partial charge in [0, 0.05) is 0 Å². The summed E-state index contributed by atoms with van der Waals surface area (Å²) in [7, 11) is 0. The van der Waals surface area contributed by atoms with E-state index in [-0.39, 0.29) is 11.9 Å². The molecule has 0 saturated heterocycles. The number of benzene rings is 2. The topological polar surface area (TPSA) is 38.0 Å². The van der Waals surface area contributed by atoms with Crippen LogP contribution in [0.25, 0.3) is 0 Å². The SMILES string of the molecule is CC(C)c1ccc(C(NN)c2ccc(F)c(Br)c2)cc1. The van der Waals surface area contributed by atoms with Gasteiger partial charge in [0.1, 0.15) is 5.82 Å². The normalized spacial score (nSPS) is 12.7. The molecular weight excluding hydrogens is 319 g/mol. The summed E-state index contributed by atoms with van der Waals surface area (Å²) in [6.45, 7) is 4.31. The van der Waals surface area contributed by atoms with Crippen molar-refractivity contribution in [2.45, 2.75) is 25.8 Å². The summed E-state index contributed by atoms with van der Waals surface area (Å²) < 4.78 is 13.8. The Bertz CT molecular complexity index is 582. The lowest BCUT2D eigenvalue weighted by Crippen LogP contribution is -2.28. The van der Waals surface area contributed by atoms with Crippen molar-refractivity contribution in [2.24, 2.45) is 5.84 Å². The molecule has 0 radical (unpaired) electrons. The number of halogens is 2. The lowest BCUT2D eigenvalue weighted by atomic mass is 9.95. The van der Waals surface area contributed by atoms with Crippen LogP contribution in [0.3, 0.4) is 0 Å². The zero-order valence-corrected chi connectivity index (χ0v) is 13.1. The summed E-state index contributed by atoms with van der Waals surface area (Å²) in [6, 6.07) is 13.1. The van der Waals surface area contributed by atoms with Crippen molar-refractivity contribution >= 4 is 15.9 Å². The standard InChI is InChI=1S/C16H18BrFN2/c1-10(2)11-3-5-12(6-4-11)16(20-19)13-7-8-15(18)14(17)9-13/h3-10,16,20H,19H2,1-2H3. The van der Waals surface area contributed by atoms with Gasteiger partial charge in [-0.2, -0.15) is 0 Å². The first-order chi connectivity index (χ1) is 9.52. The molecule has 0 bridgehead atoms. The van der Waals surface area contributed by atoms with E-state index in [2.05, 4.69) is 59.5 Å². The second-order valence-electron chi connectivity index (χ2n) is 5.09. The van der Waals surface area contributed by atoms with Crippen molar-refractivity contribution in [3.8, 4) is 0 Å². The lowest BCUT2D eigenvalue weighted by molar-refractivity contribution is 0.610. The maximum atomic E-state index is 13.3. The van der Waals surface area contributed by atoms with Gasteiger partial charge < -0.3 is 0 Å². The smallest absolute Gasteiger partial charge is 0.137 e. The van der Waals surface area contributed by atoms with Gasteiger partial charge in [-0.05, 0) is 50.7 Å². The fourth-order valence-electron chi connectivity index (χ4n) is 2.15. The van der Waals surface area contributed by atoms with Crippen molar-refractivity contribution in [1.82, 2.24) is 5.43 Å². The molecule has 0 spiro atoms. The minimum Gasteiger partial charge on any atom is -0.271 e. The van der Waals surface area contributed by atoms with E-state index in [1.54, 1.807) is 12.1 Å². The zero-order chi connectivity index (χ0) is 14.7.